The number of nitrogens with one attached hydrogen (secondary N) is 1. The fourth-order valence-electron chi connectivity index (χ4n) is 2.68. The highest BCUT2D eigenvalue weighted by Crippen LogP contribution is 2.22. The Morgan fingerprint density at radius 1 is 1.07 bits per heavy atom. The van der Waals surface area contributed by atoms with E-state index < -0.39 is 0 Å². The van der Waals surface area contributed by atoms with E-state index in [1.54, 1.807) is 10.9 Å². The molecule has 0 aliphatic heterocycles. The molecule has 28 heavy (non-hydrogen) atoms. The fraction of sp³-hybridized carbons (Fsp3) is 0.158. The third-order valence-electron chi connectivity index (χ3n) is 4.06. The Bertz CT molecular complexity index is 1120. The van der Waals surface area contributed by atoms with Crippen LogP contribution in [0.3, 0.4) is 0 Å². The Morgan fingerprint density at radius 2 is 1.89 bits per heavy atom. The molecule has 0 spiro atoms. The zero-order valence-corrected chi connectivity index (χ0v) is 16.1. The van der Waals surface area contributed by atoms with Crippen LogP contribution < -0.4 is 5.32 Å². The van der Waals surface area contributed by atoms with Gasteiger partial charge in [-0.15, -0.1) is 15.3 Å². The first-order chi connectivity index (χ1) is 13.6. The Kier molecular flexibility index (Phi) is 4.90. The van der Waals surface area contributed by atoms with Crippen LogP contribution >= 0.6 is 11.3 Å². The molecule has 0 aliphatic carbocycles. The van der Waals surface area contributed by atoms with Crippen molar-refractivity contribution in [3.63, 3.8) is 0 Å². The highest BCUT2D eigenvalue weighted by Gasteiger charge is 2.14. The molecule has 8 nitrogen and oxygen atoms in total. The van der Waals surface area contributed by atoms with Crippen LogP contribution in [0.1, 0.15) is 26.9 Å². The molecular formula is C19H17N7OS. The van der Waals surface area contributed by atoms with Gasteiger partial charge in [-0.3, -0.25) is 9.78 Å². The first-order valence-corrected chi connectivity index (χ1v) is 9.45. The molecule has 4 rings (SSSR count). The van der Waals surface area contributed by atoms with Crippen molar-refractivity contribution in [1.29, 1.82) is 0 Å². The van der Waals surface area contributed by atoms with Crippen molar-refractivity contribution in [2.45, 2.75) is 20.4 Å². The Balaban J connectivity index is 1.42. The van der Waals surface area contributed by atoms with Gasteiger partial charge in [0, 0.05) is 11.3 Å². The Labute approximate surface area is 165 Å². The average Bonchev–Trinajstić information content (AvgIpc) is 3.37. The molecule has 0 unspecified atom stereocenters. The number of amides is 1. The summed E-state index contributed by atoms with van der Waals surface area (Å²) in [4.78, 5) is 16.8. The number of pyridine rings is 1. The molecule has 0 bridgehead atoms. The van der Waals surface area contributed by atoms with Gasteiger partial charge in [0.25, 0.3) is 5.91 Å². The van der Waals surface area contributed by atoms with Gasteiger partial charge in [0.2, 0.25) is 0 Å². The Morgan fingerprint density at radius 3 is 2.68 bits per heavy atom. The van der Waals surface area contributed by atoms with Crippen molar-refractivity contribution < 1.29 is 4.79 Å². The second kappa shape index (κ2) is 7.65. The number of aromatic nitrogens is 6. The number of aryl methyl sites for hydroxylation is 2. The van der Waals surface area contributed by atoms with Gasteiger partial charge in [0.1, 0.15) is 10.0 Å². The zero-order valence-electron chi connectivity index (χ0n) is 15.3. The third-order valence-corrected chi connectivity index (χ3v) is 5.03. The first kappa shape index (κ1) is 17.9. The molecule has 3 heterocycles. The molecule has 0 atom stereocenters. The quantitative estimate of drug-likeness (QED) is 0.562. The molecule has 140 valence electrons. The van der Waals surface area contributed by atoms with Crippen LogP contribution in [0.5, 0.6) is 0 Å². The van der Waals surface area contributed by atoms with Gasteiger partial charge in [-0.2, -0.15) is 0 Å². The van der Waals surface area contributed by atoms with E-state index in [2.05, 4.69) is 30.8 Å². The van der Waals surface area contributed by atoms with E-state index in [0.29, 0.717) is 0 Å². The zero-order chi connectivity index (χ0) is 19.5. The number of hydrogen-bond donors (Lipinski definition) is 1. The molecule has 0 fully saturated rings. The molecule has 0 radical (unpaired) electrons. The van der Waals surface area contributed by atoms with Crippen molar-refractivity contribution in [2.24, 2.45) is 0 Å². The SMILES string of the molecule is Cc1ccc(-n2cc(C(=O)NCc3nnc(-c4ccccc4)s3)nn2)c(C)n1. The first-order valence-electron chi connectivity index (χ1n) is 8.63. The molecule has 1 aromatic carbocycles. The second-order valence-corrected chi connectivity index (χ2v) is 7.22. The van der Waals surface area contributed by atoms with E-state index in [1.807, 2.05) is 56.3 Å². The van der Waals surface area contributed by atoms with E-state index in [1.165, 1.54) is 11.3 Å². The van der Waals surface area contributed by atoms with E-state index in [9.17, 15) is 4.79 Å². The number of rotatable bonds is 5. The molecule has 0 aliphatic rings. The average molecular weight is 391 g/mol. The number of carbonyl (C=O) groups is 1. The lowest BCUT2D eigenvalue weighted by atomic mass is 10.2. The van der Waals surface area contributed by atoms with Crippen LogP contribution in [0.4, 0.5) is 0 Å². The normalized spacial score (nSPS) is 10.8. The Hall–Kier alpha value is -3.46. The summed E-state index contributed by atoms with van der Waals surface area (Å²) in [6.07, 6.45) is 1.59. The van der Waals surface area contributed by atoms with Gasteiger partial charge in [0.05, 0.1) is 24.1 Å². The summed E-state index contributed by atoms with van der Waals surface area (Å²) in [5.74, 6) is -0.319. The van der Waals surface area contributed by atoms with Gasteiger partial charge in [-0.1, -0.05) is 46.9 Å². The van der Waals surface area contributed by atoms with Crippen LogP contribution in [0, 0.1) is 13.8 Å². The standard InChI is InChI=1S/C19H17N7OS/c1-12-8-9-16(13(2)21-12)26-11-15(22-25-26)18(27)20-10-17-23-24-19(28-17)14-6-4-3-5-7-14/h3-9,11H,10H2,1-2H3,(H,20,27). The predicted molar refractivity (Wildman–Crippen MR) is 105 cm³/mol. The fourth-order valence-corrected chi connectivity index (χ4v) is 3.46. The smallest absolute Gasteiger partial charge is 0.273 e. The van der Waals surface area contributed by atoms with Gasteiger partial charge < -0.3 is 5.32 Å². The number of nitrogens with zero attached hydrogens (tertiary/aromatic N) is 6. The number of benzene rings is 1. The van der Waals surface area contributed by atoms with Crippen LogP contribution in [-0.2, 0) is 6.54 Å². The van der Waals surface area contributed by atoms with E-state index in [4.69, 9.17) is 0 Å². The molecule has 9 heteroatoms. The summed E-state index contributed by atoms with van der Waals surface area (Å²) in [5, 5.41) is 20.7. The van der Waals surface area contributed by atoms with Gasteiger partial charge >= 0.3 is 0 Å². The third kappa shape index (κ3) is 3.79. The molecule has 0 saturated heterocycles. The molecule has 3 aromatic heterocycles. The van der Waals surface area contributed by atoms with Crippen molar-refractivity contribution in [1.82, 2.24) is 35.5 Å². The summed E-state index contributed by atoms with van der Waals surface area (Å²) >= 11 is 1.44. The monoisotopic (exact) mass is 391 g/mol. The van der Waals surface area contributed by atoms with Crippen LogP contribution in [0.25, 0.3) is 16.3 Å². The summed E-state index contributed by atoms with van der Waals surface area (Å²) in [5.41, 5.74) is 3.76. The van der Waals surface area contributed by atoms with Crippen molar-refractivity contribution in [2.75, 3.05) is 0 Å². The lowest BCUT2D eigenvalue weighted by Gasteiger charge is -2.04. The minimum absolute atomic E-state index is 0.229. The van der Waals surface area contributed by atoms with Gasteiger partial charge in [-0.25, -0.2) is 4.68 Å². The maximum atomic E-state index is 12.4. The van der Waals surface area contributed by atoms with Crippen molar-refractivity contribution in [3.05, 3.63) is 70.8 Å². The van der Waals surface area contributed by atoms with Crippen molar-refractivity contribution in [3.8, 4) is 16.3 Å². The summed E-state index contributed by atoms with van der Waals surface area (Å²) in [6.45, 7) is 4.10. The van der Waals surface area contributed by atoms with Gasteiger partial charge in [0.15, 0.2) is 5.69 Å². The summed E-state index contributed by atoms with van der Waals surface area (Å²) < 4.78 is 1.55. The topological polar surface area (TPSA) is 98.5 Å². The highest BCUT2D eigenvalue weighted by molar-refractivity contribution is 7.14. The van der Waals surface area contributed by atoms with Crippen molar-refractivity contribution >= 4 is 17.2 Å². The maximum Gasteiger partial charge on any atom is 0.273 e. The maximum absolute atomic E-state index is 12.4. The lowest BCUT2D eigenvalue weighted by molar-refractivity contribution is 0.0945. The minimum atomic E-state index is -0.319. The van der Waals surface area contributed by atoms with Crippen LogP contribution in [0.15, 0.2) is 48.7 Å². The molecule has 1 N–H and O–H groups in total. The summed E-state index contributed by atoms with van der Waals surface area (Å²) in [7, 11) is 0. The van der Waals surface area contributed by atoms with Gasteiger partial charge in [-0.05, 0) is 26.0 Å². The van der Waals surface area contributed by atoms with Crippen LogP contribution in [-0.4, -0.2) is 36.1 Å². The molecule has 0 saturated carbocycles. The molecule has 1 amide bonds. The predicted octanol–water partition coefficient (Wildman–Crippen LogP) is 2.73. The molecule has 4 aromatic rings. The number of carbonyl (C=O) groups excluding carboxylic acids is 1. The van der Waals surface area contributed by atoms with E-state index in [-0.39, 0.29) is 18.1 Å². The van der Waals surface area contributed by atoms with E-state index >= 15 is 0 Å². The van der Waals surface area contributed by atoms with E-state index in [0.717, 1.165) is 32.7 Å². The minimum Gasteiger partial charge on any atom is -0.344 e. The second-order valence-electron chi connectivity index (χ2n) is 6.16. The van der Waals surface area contributed by atoms with Crippen LogP contribution in [0.2, 0.25) is 0 Å². The number of hydrogen-bond acceptors (Lipinski definition) is 7. The largest absolute Gasteiger partial charge is 0.344 e. The summed E-state index contributed by atoms with van der Waals surface area (Å²) in [6, 6.07) is 13.6. The molecular weight excluding hydrogens is 374 g/mol. The highest BCUT2D eigenvalue weighted by atomic mass is 32.1. The lowest BCUT2D eigenvalue weighted by Crippen LogP contribution is -2.23.